The number of hydrogen-bond acceptors (Lipinski definition) is 4. The number of halogens is 1. The molecule has 0 saturated carbocycles. The number of aliphatic imine (C=N–C) groups is 1. The minimum absolute atomic E-state index is 0. The molecule has 25 heavy (non-hydrogen) atoms. The van der Waals surface area contributed by atoms with Gasteiger partial charge in [-0.2, -0.15) is 5.10 Å². The molecule has 0 bridgehead atoms. The molecule has 0 unspecified atom stereocenters. The molecule has 0 fully saturated rings. The van der Waals surface area contributed by atoms with Crippen LogP contribution >= 0.6 is 35.3 Å². The zero-order valence-corrected chi connectivity index (χ0v) is 18.9. The van der Waals surface area contributed by atoms with E-state index in [0.29, 0.717) is 0 Å². The molecule has 0 amide bonds. The van der Waals surface area contributed by atoms with Gasteiger partial charge < -0.3 is 10.6 Å². The number of thiazole rings is 1. The highest BCUT2D eigenvalue weighted by Crippen LogP contribution is 2.13. The van der Waals surface area contributed by atoms with Crippen molar-refractivity contribution in [2.24, 2.45) is 12.0 Å². The summed E-state index contributed by atoms with van der Waals surface area (Å²) in [5.41, 5.74) is 3.65. The maximum Gasteiger partial charge on any atom is 0.191 e. The van der Waals surface area contributed by atoms with E-state index in [1.807, 2.05) is 17.9 Å². The molecule has 2 aromatic rings. The van der Waals surface area contributed by atoms with Crippen molar-refractivity contribution in [3.8, 4) is 0 Å². The first kappa shape index (κ1) is 21.9. The lowest BCUT2D eigenvalue weighted by molar-refractivity contribution is 0.728. The van der Waals surface area contributed by atoms with Crippen molar-refractivity contribution >= 4 is 41.3 Å². The van der Waals surface area contributed by atoms with E-state index in [9.17, 15) is 0 Å². The summed E-state index contributed by atoms with van der Waals surface area (Å²) >= 11 is 1.79. The lowest BCUT2D eigenvalue weighted by atomic mass is 10.1. The van der Waals surface area contributed by atoms with Crippen LogP contribution < -0.4 is 10.6 Å². The zero-order valence-electron chi connectivity index (χ0n) is 15.7. The van der Waals surface area contributed by atoms with Crippen molar-refractivity contribution in [1.82, 2.24) is 25.4 Å². The Morgan fingerprint density at radius 3 is 2.44 bits per heavy atom. The van der Waals surface area contributed by atoms with Gasteiger partial charge in [0.05, 0.1) is 10.7 Å². The molecule has 0 saturated heterocycles. The van der Waals surface area contributed by atoms with E-state index in [1.165, 1.54) is 21.1 Å². The average Bonchev–Trinajstić information content (AvgIpc) is 3.12. The van der Waals surface area contributed by atoms with Gasteiger partial charge in [0.15, 0.2) is 5.96 Å². The van der Waals surface area contributed by atoms with Gasteiger partial charge in [-0.15, -0.1) is 35.3 Å². The fraction of sp³-hybridized carbons (Fsp3) is 0.588. The summed E-state index contributed by atoms with van der Waals surface area (Å²) in [4.78, 5) is 10.1. The van der Waals surface area contributed by atoms with Gasteiger partial charge in [0.2, 0.25) is 0 Å². The maximum absolute atomic E-state index is 4.46. The minimum Gasteiger partial charge on any atom is -0.356 e. The van der Waals surface area contributed by atoms with E-state index in [-0.39, 0.29) is 24.0 Å². The smallest absolute Gasteiger partial charge is 0.191 e. The van der Waals surface area contributed by atoms with Crippen LogP contribution in [0.5, 0.6) is 0 Å². The van der Waals surface area contributed by atoms with E-state index < -0.39 is 0 Å². The Hall–Kier alpha value is -1.16. The summed E-state index contributed by atoms with van der Waals surface area (Å²) in [6.07, 6.45) is 4.90. The Morgan fingerprint density at radius 1 is 1.24 bits per heavy atom. The van der Waals surface area contributed by atoms with Crippen LogP contribution in [0, 0.1) is 13.8 Å². The monoisotopic (exact) mass is 476 g/mol. The van der Waals surface area contributed by atoms with Gasteiger partial charge in [0.1, 0.15) is 0 Å². The number of aryl methyl sites for hydroxylation is 3. The van der Waals surface area contributed by atoms with Gasteiger partial charge in [-0.25, -0.2) is 4.98 Å². The quantitative estimate of drug-likeness (QED) is 0.367. The van der Waals surface area contributed by atoms with Crippen LogP contribution in [0.2, 0.25) is 0 Å². The second kappa shape index (κ2) is 10.7. The lowest BCUT2D eigenvalue weighted by Gasteiger charge is -2.11. The first-order valence-corrected chi connectivity index (χ1v) is 9.24. The van der Waals surface area contributed by atoms with Gasteiger partial charge >= 0.3 is 0 Å². The summed E-state index contributed by atoms with van der Waals surface area (Å²) in [7, 11) is 3.79. The van der Waals surface area contributed by atoms with E-state index >= 15 is 0 Å². The molecule has 0 aliphatic rings. The second-order valence-corrected chi connectivity index (χ2v) is 6.97. The molecule has 140 valence electrons. The fourth-order valence-electron chi connectivity index (χ4n) is 2.62. The third-order valence-electron chi connectivity index (χ3n) is 4.13. The standard InChI is InChI=1S/C17H28N6S.HI/c1-6-14-11-21-16(24-14)8-10-20-17(18-4)19-9-7-15-12(2)22-23(5)13(15)3;/h11H,6-10H2,1-5H3,(H2,18,19,20);1H. The molecule has 0 aliphatic carbocycles. The predicted molar refractivity (Wildman–Crippen MR) is 116 cm³/mol. The fourth-order valence-corrected chi connectivity index (χ4v) is 3.48. The Kier molecular flexibility index (Phi) is 9.41. The highest BCUT2D eigenvalue weighted by Gasteiger charge is 2.09. The summed E-state index contributed by atoms with van der Waals surface area (Å²) < 4.78 is 1.94. The summed E-state index contributed by atoms with van der Waals surface area (Å²) in [5.74, 6) is 0.835. The van der Waals surface area contributed by atoms with Crippen LogP contribution in [0.25, 0.3) is 0 Å². The molecule has 2 rings (SSSR count). The molecule has 2 heterocycles. The van der Waals surface area contributed by atoms with Gasteiger partial charge in [0.25, 0.3) is 0 Å². The summed E-state index contributed by atoms with van der Waals surface area (Å²) in [6.45, 7) is 8.01. The van der Waals surface area contributed by atoms with E-state index in [4.69, 9.17) is 0 Å². The van der Waals surface area contributed by atoms with Crippen molar-refractivity contribution in [3.05, 3.63) is 33.0 Å². The number of hydrogen-bond donors (Lipinski definition) is 2. The Balaban J connectivity index is 0.00000312. The third-order valence-corrected chi connectivity index (χ3v) is 5.33. The molecule has 2 aromatic heterocycles. The molecule has 8 heteroatoms. The number of rotatable bonds is 7. The molecular weight excluding hydrogens is 447 g/mol. The largest absolute Gasteiger partial charge is 0.356 e. The van der Waals surface area contributed by atoms with Crippen molar-refractivity contribution < 1.29 is 0 Å². The lowest BCUT2D eigenvalue weighted by Crippen LogP contribution is -2.39. The topological polar surface area (TPSA) is 67.1 Å². The predicted octanol–water partition coefficient (Wildman–Crippen LogP) is 2.62. The van der Waals surface area contributed by atoms with Crippen LogP contribution in [-0.2, 0) is 26.3 Å². The average molecular weight is 476 g/mol. The Morgan fingerprint density at radius 2 is 1.92 bits per heavy atom. The molecule has 0 aromatic carbocycles. The van der Waals surface area contributed by atoms with E-state index in [2.05, 4.69) is 46.5 Å². The van der Waals surface area contributed by atoms with Gasteiger partial charge in [-0.05, 0) is 32.3 Å². The number of nitrogens with one attached hydrogen (secondary N) is 2. The summed E-state index contributed by atoms with van der Waals surface area (Å²) in [6, 6.07) is 0. The van der Waals surface area contributed by atoms with Crippen LogP contribution in [0.4, 0.5) is 0 Å². The molecular formula is C17H29IN6S. The highest BCUT2D eigenvalue weighted by atomic mass is 127. The van der Waals surface area contributed by atoms with Crippen molar-refractivity contribution in [2.45, 2.75) is 40.0 Å². The maximum atomic E-state index is 4.46. The Labute approximate surface area is 171 Å². The van der Waals surface area contributed by atoms with Crippen LogP contribution in [0.3, 0.4) is 0 Å². The SMILES string of the molecule is CCc1cnc(CCNC(=NC)NCCc2c(C)nn(C)c2C)s1.I. The van der Waals surface area contributed by atoms with Crippen LogP contribution in [-0.4, -0.2) is 40.9 Å². The summed E-state index contributed by atoms with van der Waals surface area (Å²) in [5, 5.41) is 12.4. The molecule has 0 aliphatic heterocycles. The van der Waals surface area contributed by atoms with Crippen molar-refractivity contribution in [2.75, 3.05) is 20.1 Å². The van der Waals surface area contributed by atoms with Crippen LogP contribution in [0.15, 0.2) is 11.2 Å². The first-order chi connectivity index (χ1) is 11.5. The first-order valence-electron chi connectivity index (χ1n) is 8.42. The molecule has 0 radical (unpaired) electrons. The van der Waals surface area contributed by atoms with E-state index in [1.54, 1.807) is 18.4 Å². The third kappa shape index (κ3) is 6.25. The highest BCUT2D eigenvalue weighted by molar-refractivity contribution is 14.0. The molecule has 0 spiro atoms. The number of guanidine groups is 1. The molecule has 6 nitrogen and oxygen atoms in total. The zero-order chi connectivity index (χ0) is 17.5. The molecule has 0 atom stereocenters. The van der Waals surface area contributed by atoms with E-state index in [0.717, 1.165) is 44.0 Å². The normalized spacial score (nSPS) is 11.3. The van der Waals surface area contributed by atoms with Gasteiger partial charge in [-0.3, -0.25) is 9.67 Å². The van der Waals surface area contributed by atoms with Crippen molar-refractivity contribution in [3.63, 3.8) is 0 Å². The number of aromatic nitrogens is 3. The minimum atomic E-state index is 0. The second-order valence-electron chi connectivity index (χ2n) is 5.77. The number of nitrogens with zero attached hydrogens (tertiary/aromatic N) is 4. The van der Waals surface area contributed by atoms with Gasteiger partial charge in [0, 0.05) is 50.4 Å². The van der Waals surface area contributed by atoms with Gasteiger partial charge in [-0.1, -0.05) is 6.92 Å². The molecule has 2 N–H and O–H groups in total. The Bertz CT molecular complexity index is 691. The van der Waals surface area contributed by atoms with Crippen LogP contribution in [0.1, 0.15) is 33.8 Å². The van der Waals surface area contributed by atoms with Crippen molar-refractivity contribution in [1.29, 1.82) is 0 Å².